The number of hydrogen-bond acceptors (Lipinski definition) is 14. The Morgan fingerprint density at radius 3 is 1.65 bits per heavy atom. The van der Waals surface area contributed by atoms with Gasteiger partial charge in [0.1, 0.15) is 17.4 Å². The van der Waals surface area contributed by atoms with Gasteiger partial charge in [-0.2, -0.15) is 9.37 Å². The molecule has 16 heteroatoms. The highest BCUT2D eigenvalue weighted by atomic mass is 35.5. The lowest BCUT2D eigenvalue weighted by Gasteiger charge is -2.35. The minimum absolute atomic E-state index is 0.0384. The van der Waals surface area contributed by atoms with Crippen molar-refractivity contribution >= 4 is 23.2 Å². The largest absolute Gasteiger partial charge is 0.496 e. The maximum atomic E-state index is 13.8. The lowest BCUT2D eigenvalue weighted by molar-refractivity contribution is 0.397. The molecule has 0 bridgehead atoms. The van der Waals surface area contributed by atoms with Gasteiger partial charge in [0.05, 0.1) is 37.7 Å². The third-order valence-electron chi connectivity index (χ3n) is 8.89. The number of aromatic nitrogens is 10. The highest BCUT2D eigenvalue weighted by Gasteiger charge is 2.29. The van der Waals surface area contributed by atoms with Gasteiger partial charge in [-0.15, -0.1) is 0 Å². The van der Waals surface area contributed by atoms with Crippen LogP contribution in [0.1, 0.15) is 48.4 Å². The van der Waals surface area contributed by atoms with E-state index in [0.717, 1.165) is 41.3 Å². The van der Waals surface area contributed by atoms with Crippen molar-refractivity contribution in [2.75, 3.05) is 37.1 Å². The summed E-state index contributed by atoms with van der Waals surface area (Å²) in [5.74, 6) is 3.79. The molecule has 8 rings (SSSR count). The van der Waals surface area contributed by atoms with Crippen LogP contribution in [0.2, 0.25) is 5.02 Å². The summed E-state index contributed by atoms with van der Waals surface area (Å²) in [4.78, 5) is 47.8. The highest BCUT2D eigenvalue weighted by molar-refractivity contribution is 6.30. The first kappa shape index (κ1) is 34.5. The monoisotopic (exact) mass is 720 g/mol. The van der Waals surface area contributed by atoms with E-state index in [0.29, 0.717) is 58.7 Å². The van der Waals surface area contributed by atoms with Crippen LogP contribution in [0, 0.1) is 5.95 Å². The third kappa shape index (κ3) is 7.26. The second-order valence-corrected chi connectivity index (χ2v) is 12.4. The molecule has 0 saturated heterocycles. The van der Waals surface area contributed by atoms with Gasteiger partial charge >= 0.3 is 0 Å². The van der Waals surface area contributed by atoms with Crippen molar-refractivity contribution in [3.63, 3.8) is 0 Å². The number of rotatable bonds is 6. The molecule has 14 nitrogen and oxygen atoms in total. The molecule has 52 heavy (non-hydrogen) atoms. The Morgan fingerprint density at radius 2 is 1.15 bits per heavy atom. The summed E-state index contributed by atoms with van der Waals surface area (Å²) in [6, 6.07) is 10.1. The van der Waals surface area contributed by atoms with Crippen molar-refractivity contribution in [2.24, 2.45) is 0 Å². The first-order valence-corrected chi connectivity index (χ1v) is 16.9. The zero-order valence-corrected chi connectivity index (χ0v) is 29.6. The van der Waals surface area contributed by atoms with Crippen LogP contribution in [-0.4, -0.2) is 77.1 Å². The average Bonchev–Trinajstić information content (AvgIpc) is 3.18. The van der Waals surface area contributed by atoms with Crippen molar-refractivity contribution in [3.05, 3.63) is 107 Å². The zero-order valence-electron chi connectivity index (χ0n) is 28.9. The molecule has 0 N–H and O–H groups in total. The summed E-state index contributed by atoms with van der Waals surface area (Å²) in [6.07, 6.45) is 11.8. The van der Waals surface area contributed by atoms with Crippen LogP contribution < -0.4 is 19.3 Å². The average molecular weight is 721 g/mol. The van der Waals surface area contributed by atoms with Crippen LogP contribution in [0.4, 0.5) is 16.0 Å². The van der Waals surface area contributed by atoms with Gasteiger partial charge in [0.15, 0.2) is 23.3 Å². The van der Waals surface area contributed by atoms with E-state index in [4.69, 9.17) is 21.1 Å². The molecule has 6 aromatic rings. The van der Waals surface area contributed by atoms with Gasteiger partial charge in [-0.25, -0.2) is 44.9 Å². The number of nitrogens with zero attached hydrogens (tertiary/aromatic N) is 12. The Labute approximate surface area is 304 Å². The van der Waals surface area contributed by atoms with Crippen LogP contribution in [-0.2, 0) is 12.8 Å². The molecule has 0 radical (unpaired) electrons. The maximum Gasteiger partial charge on any atom is 0.218 e. The predicted molar refractivity (Wildman–Crippen MR) is 192 cm³/mol. The molecular formula is C36H34ClFN12O2. The fraction of sp³-hybridized carbons (Fsp3) is 0.278. The summed E-state index contributed by atoms with van der Waals surface area (Å²) in [5.41, 5.74) is 4.02. The quantitative estimate of drug-likeness (QED) is 0.193. The van der Waals surface area contributed by atoms with Crippen molar-refractivity contribution in [1.29, 1.82) is 0 Å². The van der Waals surface area contributed by atoms with Crippen molar-refractivity contribution in [3.8, 4) is 34.9 Å². The standard InChI is InChI=1S/C18H17ClN6O.C18H17FN6O/c1-11-13-10-22-18(17-20-5-3-6-21-17)23-14(13)4-7-25(11)15-8-12(19)9-16(24-15)26-2;1-11-13-10-22-18(17-20-5-3-6-21-17)23-14(13)4-7-25(11)16-9-12(26-2)8-15(19)24-16/h2*3,5-6,8-11H,4,7H2,1-2H3. The van der Waals surface area contributed by atoms with E-state index in [9.17, 15) is 4.39 Å². The molecule has 0 aromatic carbocycles. The topological polar surface area (TPSA) is 154 Å². The molecule has 2 aliphatic heterocycles. The van der Waals surface area contributed by atoms with Crippen LogP contribution in [0.25, 0.3) is 23.3 Å². The van der Waals surface area contributed by atoms with Crippen molar-refractivity contribution in [2.45, 2.75) is 38.8 Å². The molecule has 2 aliphatic rings. The normalized spacial score (nSPS) is 16.3. The second-order valence-electron chi connectivity index (χ2n) is 11.9. The minimum Gasteiger partial charge on any atom is -0.496 e. The van der Waals surface area contributed by atoms with Crippen LogP contribution in [0.3, 0.4) is 0 Å². The number of halogens is 2. The molecule has 0 aliphatic carbocycles. The molecule has 0 saturated carbocycles. The van der Waals surface area contributed by atoms with Gasteiger partial charge in [0.2, 0.25) is 11.8 Å². The maximum absolute atomic E-state index is 13.8. The van der Waals surface area contributed by atoms with E-state index in [1.54, 1.807) is 62.4 Å². The Bertz CT molecular complexity index is 2030. The Kier molecular flexibility index (Phi) is 10.0. The van der Waals surface area contributed by atoms with Crippen LogP contribution >= 0.6 is 11.6 Å². The number of anilines is 2. The molecule has 2 unspecified atom stereocenters. The fourth-order valence-corrected chi connectivity index (χ4v) is 6.43. The van der Waals surface area contributed by atoms with E-state index in [1.165, 1.54) is 13.2 Å². The van der Waals surface area contributed by atoms with E-state index >= 15 is 0 Å². The lowest BCUT2D eigenvalue weighted by atomic mass is 9.99. The van der Waals surface area contributed by atoms with Crippen molar-refractivity contribution in [1.82, 2.24) is 49.8 Å². The molecule has 2 atom stereocenters. The lowest BCUT2D eigenvalue weighted by Crippen LogP contribution is -2.35. The van der Waals surface area contributed by atoms with E-state index < -0.39 is 5.95 Å². The van der Waals surface area contributed by atoms with Gasteiger partial charge in [-0.1, -0.05) is 11.6 Å². The van der Waals surface area contributed by atoms with Crippen molar-refractivity contribution < 1.29 is 13.9 Å². The zero-order chi connectivity index (χ0) is 36.2. The number of ether oxygens (including phenoxy) is 2. The fourth-order valence-electron chi connectivity index (χ4n) is 6.24. The minimum atomic E-state index is -0.565. The Hall–Kier alpha value is -5.96. The van der Waals surface area contributed by atoms with E-state index in [1.807, 2.05) is 24.1 Å². The molecule has 6 aromatic heterocycles. The SMILES string of the molecule is COc1cc(Cl)cc(N2CCc3nc(-c4ncccn4)ncc3C2C)n1.COc1cc(F)nc(N2CCc3nc(-c4ncccn4)ncc3C2C)c1. The summed E-state index contributed by atoms with van der Waals surface area (Å²) < 4.78 is 24.2. The Balaban J connectivity index is 0.000000162. The third-order valence-corrected chi connectivity index (χ3v) is 9.10. The number of hydrogen-bond donors (Lipinski definition) is 0. The molecule has 8 heterocycles. The summed E-state index contributed by atoms with van der Waals surface area (Å²) in [5, 5.41) is 0.595. The highest BCUT2D eigenvalue weighted by Crippen LogP contribution is 2.35. The molecular weight excluding hydrogens is 687 g/mol. The van der Waals surface area contributed by atoms with E-state index in [-0.39, 0.29) is 12.1 Å². The molecule has 264 valence electrons. The first-order chi connectivity index (χ1) is 25.3. The number of pyridine rings is 2. The van der Waals surface area contributed by atoms with Gasteiger partial charge < -0.3 is 19.3 Å². The smallest absolute Gasteiger partial charge is 0.218 e. The van der Waals surface area contributed by atoms with Gasteiger partial charge in [0, 0.05) is 97.5 Å². The van der Waals surface area contributed by atoms with Crippen LogP contribution in [0.15, 0.2) is 73.6 Å². The predicted octanol–water partition coefficient (Wildman–Crippen LogP) is 5.71. The molecule has 0 amide bonds. The first-order valence-electron chi connectivity index (χ1n) is 16.5. The summed E-state index contributed by atoms with van der Waals surface area (Å²) >= 11 is 6.20. The number of methoxy groups -OCH3 is 2. The van der Waals surface area contributed by atoms with Gasteiger partial charge in [0.25, 0.3) is 0 Å². The second kappa shape index (κ2) is 15.1. The van der Waals surface area contributed by atoms with Crippen LogP contribution in [0.5, 0.6) is 11.6 Å². The van der Waals surface area contributed by atoms with E-state index in [2.05, 4.69) is 61.7 Å². The summed E-state index contributed by atoms with van der Waals surface area (Å²) in [6.45, 7) is 5.57. The van der Waals surface area contributed by atoms with Gasteiger partial charge in [-0.05, 0) is 32.0 Å². The van der Waals surface area contributed by atoms with Gasteiger partial charge in [-0.3, -0.25) is 0 Å². The molecule has 0 spiro atoms. The summed E-state index contributed by atoms with van der Waals surface area (Å²) in [7, 11) is 3.09. The number of fused-ring (bicyclic) bond motifs is 2. The molecule has 0 fully saturated rings. The Morgan fingerprint density at radius 1 is 0.635 bits per heavy atom.